The molecule has 0 amide bonds. The molecular weight excluding hydrogens is 340 g/mol. The van der Waals surface area contributed by atoms with E-state index in [2.05, 4.69) is 4.72 Å². The van der Waals surface area contributed by atoms with Gasteiger partial charge in [-0.25, -0.2) is 21.9 Å². The van der Waals surface area contributed by atoms with Crippen molar-refractivity contribution in [2.45, 2.75) is 11.0 Å². The van der Waals surface area contributed by atoms with Gasteiger partial charge in [-0.3, -0.25) is 0 Å². The number of para-hydroxylation sites is 1. The fourth-order valence-corrected chi connectivity index (χ4v) is 3.32. The van der Waals surface area contributed by atoms with Crippen molar-refractivity contribution in [2.24, 2.45) is 0 Å². The van der Waals surface area contributed by atoms with Gasteiger partial charge < -0.3 is 9.47 Å². The molecule has 0 fully saturated rings. The maximum Gasteiger partial charge on any atom is 0.243 e. The van der Waals surface area contributed by atoms with E-state index in [0.717, 1.165) is 12.1 Å². The number of ether oxygens (including phenoxy) is 2. The van der Waals surface area contributed by atoms with Gasteiger partial charge in [-0.05, 0) is 24.3 Å². The number of methoxy groups -OCH3 is 2. The van der Waals surface area contributed by atoms with Crippen molar-refractivity contribution in [3.8, 4) is 5.75 Å². The van der Waals surface area contributed by atoms with E-state index in [0.29, 0.717) is 17.4 Å². The Morgan fingerprint density at radius 3 is 2.50 bits per heavy atom. The van der Waals surface area contributed by atoms with Crippen LogP contribution < -0.4 is 9.46 Å². The van der Waals surface area contributed by atoms with Crippen molar-refractivity contribution in [2.75, 3.05) is 20.8 Å². The number of sulfonamides is 1. The Balaban J connectivity index is 2.22. The third-order valence-corrected chi connectivity index (χ3v) is 4.85. The highest BCUT2D eigenvalue weighted by Gasteiger charge is 2.23. The molecule has 8 heteroatoms. The molecule has 0 heterocycles. The maximum atomic E-state index is 13.7. The minimum absolute atomic E-state index is 0.171. The summed E-state index contributed by atoms with van der Waals surface area (Å²) in [4.78, 5) is -0.752. The molecule has 0 saturated carbocycles. The molecule has 0 aliphatic rings. The van der Waals surface area contributed by atoms with Crippen LogP contribution in [0.25, 0.3) is 0 Å². The molecule has 1 unspecified atom stereocenters. The summed E-state index contributed by atoms with van der Waals surface area (Å²) in [7, 11) is -1.34. The van der Waals surface area contributed by atoms with E-state index in [9.17, 15) is 17.2 Å². The SMILES string of the molecule is COc1ccccc1C(CNS(=O)(=O)c1cc(F)ccc1F)OC. The second-order valence-electron chi connectivity index (χ2n) is 4.89. The summed E-state index contributed by atoms with van der Waals surface area (Å²) in [5.74, 6) is -1.35. The third-order valence-electron chi connectivity index (χ3n) is 3.41. The molecule has 0 radical (unpaired) electrons. The lowest BCUT2D eigenvalue weighted by molar-refractivity contribution is 0.105. The van der Waals surface area contributed by atoms with Crippen LogP contribution in [0.2, 0.25) is 0 Å². The zero-order chi connectivity index (χ0) is 17.7. The van der Waals surface area contributed by atoms with Gasteiger partial charge >= 0.3 is 0 Å². The van der Waals surface area contributed by atoms with E-state index in [1.165, 1.54) is 14.2 Å². The molecule has 1 atom stereocenters. The first kappa shape index (κ1) is 18.3. The molecule has 0 bridgehead atoms. The van der Waals surface area contributed by atoms with Gasteiger partial charge in [0, 0.05) is 19.2 Å². The van der Waals surface area contributed by atoms with Gasteiger partial charge in [0.15, 0.2) is 0 Å². The minimum Gasteiger partial charge on any atom is -0.496 e. The Kier molecular flexibility index (Phi) is 5.87. The molecule has 2 aromatic rings. The fourth-order valence-electron chi connectivity index (χ4n) is 2.20. The fraction of sp³-hybridized carbons (Fsp3) is 0.250. The zero-order valence-electron chi connectivity index (χ0n) is 13.1. The van der Waals surface area contributed by atoms with Crippen LogP contribution in [0.4, 0.5) is 8.78 Å². The van der Waals surface area contributed by atoms with Gasteiger partial charge in [0.05, 0.1) is 13.2 Å². The van der Waals surface area contributed by atoms with E-state index < -0.39 is 32.7 Å². The van der Waals surface area contributed by atoms with Crippen molar-refractivity contribution in [3.05, 3.63) is 59.7 Å². The summed E-state index contributed by atoms with van der Waals surface area (Å²) in [6.45, 7) is -0.171. The molecule has 0 spiro atoms. The average molecular weight is 357 g/mol. The van der Waals surface area contributed by atoms with E-state index >= 15 is 0 Å². The van der Waals surface area contributed by atoms with E-state index in [-0.39, 0.29) is 6.54 Å². The largest absolute Gasteiger partial charge is 0.496 e. The molecule has 2 rings (SSSR count). The molecule has 2 aromatic carbocycles. The monoisotopic (exact) mass is 357 g/mol. The Morgan fingerprint density at radius 2 is 1.83 bits per heavy atom. The summed E-state index contributed by atoms with van der Waals surface area (Å²) in [5.41, 5.74) is 0.630. The minimum atomic E-state index is -4.23. The van der Waals surface area contributed by atoms with Crippen LogP contribution in [0.5, 0.6) is 5.75 Å². The van der Waals surface area contributed by atoms with Crippen molar-refractivity contribution in [3.63, 3.8) is 0 Å². The molecule has 1 N–H and O–H groups in total. The highest BCUT2D eigenvalue weighted by atomic mass is 32.2. The Labute approximate surface area is 139 Å². The van der Waals surface area contributed by atoms with Crippen LogP contribution in [0.15, 0.2) is 47.4 Å². The first-order valence-electron chi connectivity index (χ1n) is 6.99. The first-order valence-corrected chi connectivity index (χ1v) is 8.47. The highest BCUT2D eigenvalue weighted by molar-refractivity contribution is 7.89. The third kappa shape index (κ3) is 4.08. The molecule has 130 valence electrons. The predicted octanol–water partition coefficient (Wildman–Crippen LogP) is 2.64. The number of benzene rings is 2. The number of hydrogen-bond acceptors (Lipinski definition) is 4. The van der Waals surface area contributed by atoms with Gasteiger partial charge in [-0.1, -0.05) is 18.2 Å². The van der Waals surface area contributed by atoms with Crippen molar-refractivity contribution in [1.29, 1.82) is 0 Å². The van der Waals surface area contributed by atoms with E-state index in [4.69, 9.17) is 9.47 Å². The molecular formula is C16H17F2NO4S. The van der Waals surface area contributed by atoms with Crippen LogP contribution in [0, 0.1) is 11.6 Å². The Bertz CT molecular complexity index is 811. The molecule has 0 aromatic heterocycles. The molecule has 0 aliphatic heterocycles. The topological polar surface area (TPSA) is 64.6 Å². The van der Waals surface area contributed by atoms with Crippen molar-refractivity contribution >= 4 is 10.0 Å². The van der Waals surface area contributed by atoms with Gasteiger partial charge in [0.25, 0.3) is 0 Å². The number of rotatable bonds is 7. The van der Waals surface area contributed by atoms with Crippen LogP contribution >= 0.6 is 0 Å². The number of nitrogens with one attached hydrogen (secondary N) is 1. The van der Waals surface area contributed by atoms with Gasteiger partial charge in [0.2, 0.25) is 10.0 Å². The lowest BCUT2D eigenvalue weighted by Crippen LogP contribution is -2.30. The van der Waals surface area contributed by atoms with Crippen molar-refractivity contribution < 1.29 is 26.7 Å². The predicted molar refractivity (Wildman–Crippen MR) is 84.3 cm³/mol. The summed E-state index contributed by atoms with van der Waals surface area (Å²) in [5, 5.41) is 0. The van der Waals surface area contributed by atoms with Crippen LogP contribution in [0.3, 0.4) is 0 Å². The first-order chi connectivity index (χ1) is 11.4. The summed E-state index contributed by atoms with van der Waals surface area (Å²) < 4.78 is 64.0. The molecule has 0 aliphatic carbocycles. The van der Waals surface area contributed by atoms with Gasteiger partial charge in [-0.2, -0.15) is 0 Å². The molecule has 0 saturated heterocycles. The van der Waals surface area contributed by atoms with Crippen LogP contribution in [-0.4, -0.2) is 29.2 Å². The average Bonchev–Trinajstić information content (AvgIpc) is 2.57. The van der Waals surface area contributed by atoms with E-state index in [1.54, 1.807) is 24.3 Å². The lowest BCUT2D eigenvalue weighted by Gasteiger charge is -2.19. The van der Waals surface area contributed by atoms with Gasteiger partial charge in [0.1, 0.15) is 22.3 Å². The second-order valence-corrected chi connectivity index (χ2v) is 6.63. The van der Waals surface area contributed by atoms with Gasteiger partial charge in [-0.15, -0.1) is 0 Å². The van der Waals surface area contributed by atoms with Crippen LogP contribution in [0.1, 0.15) is 11.7 Å². The number of halogens is 2. The summed E-state index contributed by atoms with van der Waals surface area (Å²) >= 11 is 0. The van der Waals surface area contributed by atoms with E-state index in [1.807, 2.05) is 0 Å². The Morgan fingerprint density at radius 1 is 1.12 bits per heavy atom. The Hall–Kier alpha value is -2.03. The molecule has 24 heavy (non-hydrogen) atoms. The zero-order valence-corrected chi connectivity index (χ0v) is 13.9. The summed E-state index contributed by atoms with van der Waals surface area (Å²) in [6.07, 6.45) is -0.660. The molecule has 5 nitrogen and oxygen atoms in total. The van der Waals surface area contributed by atoms with Crippen molar-refractivity contribution in [1.82, 2.24) is 4.72 Å². The second kappa shape index (κ2) is 7.69. The quantitative estimate of drug-likeness (QED) is 0.827. The smallest absolute Gasteiger partial charge is 0.243 e. The standard InChI is InChI=1S/C16H17F2NO4S/c1-22-14-6-4-3-5-12(14)15(23-2)10-19-24(20,21)16-9-11(17)7-8-13(16)18/h3-9,15,19H,10H2,1-2H3. The summed E-state index contributed by atoms with van der Waals surface area (Å²) in [6, 6.07) is 9.19. The number of hydrogen-bond donors (Lipinski definition) is 1. The maximum absolute atomic E-state index is 13.7. The normalized spacial score (nSPS) is 12.8. The highest BCUT2D eigenvalue weighted by Crippen LogP contribution is 2.27. The van der Waals surface area contributed by atoms with Crippen LogP contribution in [-0.2, 0) is 14.8 Å². The lowest BCUT2D eigenvalue weighted by atomic mass is 10.1.